The van der Waals surface area contributed by atoms with Gasteiger partial charge in [-0.1, -0.05) is 48.2 Å². The van der Waals surface area contributed by atoms with Gasteiger partial charge in [0.05, 0.1) is 18.2 Å². The van der Waals surface area contributed by atoms with Crippen molar-refractivity contribution in [1.29, 1.82) is 5.26 Å². The van der Waals surface area contributed by atoms with Crippen LogP contribution in [0.3, 0.4) is 0 Å². The number of nitrogens with zero attached hydrogens (tertiary/aromatic N) is 3. The standard InChI is InChI=1S/C18H16N4OS/c19-13-14-6-4-9-16(12-14)23-10-5-11-24-18-20-17(21-22-18)15-7-2-1-3-8-15/h1-4,6-9,12H,5,10-11H2,(H,20,21,22). The molecule has 0 unspecified atom stereocenters. The number of ether oxygens (including phenoxy) is 1. The predicted molar refractivity (Wildman–Crippen MR) is 93.8 cm³/mol. The van der Waals surface area contributed by atoms with Crippen LogP contribution in [0.5, 0.6) is 5.75 Å². The third-order valence-electron chi connectivity index (χ3n) is 3.26. The number of hydrogen-bond donors (Lipinski definition) is 1. The molecule has 0 amide bonds. The normalized spacial score (nSPS) is 10.3. The van der Waals surface area contributed by atoms with Crippen LogP contribution in [0.1, 0.15) is 12.0 Å². The third-order valence-corrected chi connectivity index (χ3v) is 4.20. The lowest BCUT2D eigenvalue weighted by Crippen LogP contribution is -1.99. The average Bonchev–Trinajstić information content (AvgIpc) is 3.11. The summed E-state index contributed by atoms with van der Waals surface area (Å²) in [4.78, 5) is 4.48. The maximum atomic E-state index is 8.86. The Labute approximate surface area is 144 Å². The molecular formula is C18H16N4OS. The maximum absolute atomic E-state index is 8.86. The molecule has 0 fully saturated rings. The Morgan fingerprint density at radius 2 is 2.00 bits per heavy atom. The fourth-order valence-electron chi connectivity index (χ4n) is 2.10. The second kappa shape index (κ2) is 8.18. The Morgan fingerprint density at radius 1 is 1.12 bits per heavy atom. The Hall–Kier alpha value is -2.78. The van der Waals surface area contributed by atoms with Crippen LogP contribution in [0.2, 0.25) is 0 Å². The van der Waals surface area contributed by atoms with Crippen molar-refractivity contribution in [3.8, 4) is 23.2 Å². The predicted octanol–water partition coefficient (Wildman–Crippen LogP) is 3.90. The smallest absolute Gasteiger partial charge is 0.208 e. The van der Waals surface area contributed by atoms with E-state index in [1.807, 2.05) is 42.5 Å². The van der Waals surface area contributed by atoms with E-state index in [-0.39, 0.29) is 0 Å². The highest BCUT2D eigenvalue weighted by molar-refractivity contribution is 7.99. The van der Waals surface area contributed by atoms with Crippen LogP contribution in [-0.2, 0) is 0 Å². The molecule has 0 atom stereocenters. The molecule has 1 N–H and O–H groups in total. The molecule has 120 valence electrons. The minimum atomic E-state index is 0.595. The van der Waals surface area contributed by atoms with E-state index in [1.165, 1.54) is 0 Å². The first-order valence-corrected chi connectivity index (χ1v) is 8.57. The first kappa shape index (κ1) is 16.1. The zero-order valence-electron chi connectivity index (χ0n) is 13.0. The molecule has 1 aromatic heterocycles. The molecule has 0 aliphatic carbocycles. The van der Waals surface area contributed by atoms with Crippen molar-refractivity contribution in [3.63, 3.8) is 0 Å². The Bertz CT molecular complexity index is 826. The third kappa shape index (κ3) is 4.37. The van der Waals surface area contributed by atoms with Crippen LogP contribution in [0.4, 0.5) is 0 Å². The highest BCUT2D eigenvalue weighted by Gasteiger charge is 2.05. The summed E-state index contributed by atoms with van der Waals surface area (Å²) in [5.74, 6) is 2.37. The topological polar surface area (TPSA) is 74.6 Å². The molecule has 24 heavy (non-hydrogen) atoms. The van der Waals surface area contributed by atoms with E-state index >= 15 is 0 Å². The van der Waals surface area contributed by atoms with Crippen LogP contribution in [0.15, 0.2) is 59.8 Å². The van der Waals surface area contributed by atoms with Gasteiger partial charge in [-0.3, -0.25) is 5.10 Å². The molecular weight excluding hydrogens is 320 g/mol. The molecule has 0 saturated heterocycles. The highest BCUT2D eigenvalue weighted by Crippen LogP contribution is 2.19. The number of H-pyrrole nitrogens is 1. The van der Waals surface area contributed by atoms with E-state index in [0.717, 1.165) is 34.5 Å². The van der Waals surface area contributed by atoms with Crippen molar-refractivity contribution in [3.05, 3.63) is 60.2 Å². The zero-order valence-corrected chi connectivity index (χ0v) is 13.8. The van der Waals surface area contributed by atoms with E-state index in [0.29, 0.717) is 12.2 Å². The number of aromatic nitrogens is 3. The van der Waals surface area contributed by atoms with Gasteiger partial charge in [0.1, 0.15) is 5.75 Å². The lowest BCUT2D eigenvalue weighted by molar-refractivity contribution is 0.318. The van der Waals surface area contributed by atoms with E-state index < -0.39 is 0 Å². The Balaban J connectivity index is 1.42. The van der Waals surface area contributed by atoms with E-state index in [4.69, 9.17) is 10.00 Å². The molecule has 3 aromatic rings. The second-order valence-electron chi connectivity index (χ2n) is 5.02. The average molecular weight is 336 g/mol. The molecule has 0 aliphatic heterocycles. The highest BCUT2D eigenvalue weighted by atomic mass is 32.2. The number of nitriles is 1. The van der Waals surface area contributed by atoms with Crippen LogP contribution in [0, 0.1) is 11.3 Å². The molecule has 0 radical (unpaired) electrons. The number of hydrogen-bond acceptors (Lipinski definition) is 5. The number of nitrogens with one attached hydrogen (secondary N) is 1. The van der Waals surface area contributed by atoms with Crippen molar-refractivity contribution in [2.45, 2.75) is 11.6 Å². The van der Waals surface area contributed by atoms with E-state index in [1.54, 1.807) is 23.9 Å². The summed E-state index contributed by atoms with van der Waals surface area (Å²) < 4.78 is 5.65. The molecule has 0 saturated carbocycles. The van der Waals surface area contributed by atoms with Crippen molar-refractivity contribution in [2.75, 3.05) is 12.4 Å². The summed E-state index contributed by atoms with van der Waals surface area (Å²) in [7, 11) is 0. The van der Waals surface area contributed by atoms with Crippen LogP contribution < -0.4 is 4.74 Å². The molecule has 6 heteroatoms. The van der Waals surface area contributed by atoms with Gasteiger partial charge in [0, 0.05) is 11.3 Å². The fraction of sp³-hybridized carbons (Fsp3) is 0.167. The van der Waals surface area contributed by atoms with Gasteiger partial charge in [0.15, 0.2) is 5.82 Å². The van der Waals surface area contributed by atoms with Gasteiger partial charge in [-0.05, 0) is 24.6 Å². The second-order valence-corrected chi connectivity index (χ2v) is 6.08. The minimum absolute atomic E-state index is 0.595. The number of rotatable bonds is 7. The first-order chi connectivity index (χ1) is 11.8. The SMILES string of the molecule is N#Cc1cccc(OCCCSc2n[nH]c(-c3ccccc3)n2)c1. The van der Waals surface area contributed by atoms with Crippen LogP contribution in [-0.4, -0.2) is 27.5 Å². The van der Waals surface area contributed by atoms with Gasteiger partial charge < -0.3 is 4.74 Å². The monoisotopic (exact) mass is 336 g/mol. The van der Waals surface area contributed by atoms with E-state index in [9.17, 15) is 0 Å². The molecule has 0 spiro atoms. The van der Waals surface area contributed by atoms with Crippen LogP contribution in [0.25, 0.3) is 11.4 Å². The molecule has 1 heterocycles. The molecule has 2 aromatic carbocycles. The van der Waals surface area contributed by atoms with Crippen molar-refractivity contribution in [1.82, 2.24) is 15.2 Å². The summed E-state index contributed by atoms with van der Waals surface area (Å²) >= 11 is 1.59. The summed E-state index contributed by atoms with van der Waals surface area (Å²) in [5.41, 5.74) is 1.63. The number of benzene rings is 2. The van der Waals surface area contributed by atoms with Gasteiger partial charge >= 0.3 is 0 Å². The first-order valence-electron chi connectivity index (χ1n) is 7.59. The fourth-order valence-corrected chi connectivity index (χ4v) is 2.81. The lowest BCUT2D eigenvalue weighted by Gasteiger charge is -2.05. The Kier molecular flexibility index (Phi) is 5.48. The molecule has 3 rings (SSSR count). The lowest BCUT2D eigenvalue weighted by atomic mass is 10.2. The van der Waals surface area contributed by atoms with Crippen LogP contribution >= 0.6 is 11.8 Å². The van der Waals surface area contributed by atoms with Gasteiger partial charge in [-0.15, -0.1) is 5.10 Å². The molecule has 5 nitrogen and oxygen atoms in total. The molecule has 0 aliphatic rings. The van der Waals surface area contributed by atoms with Gasteiger partial charge in [0.25, 0.3) is 0 Å². The van der Waals surface area contributed by atoms with Gasteiger partial charge in [-0.2, -0.15) is 5.26 Å². The zero-order chi connectivity index (χ0) is 16.6. The summed E-state index contributed by atoms with van der Waals surface area (Å²) in [6, 6.07) is 19.2. The minimum Gasteiger partial charge on any atom is -0.494 e. The Morgan fingerprint density at radius 3 is 2.83 bits per heavy atom. The van der Waals surface area contributed by atoms with Crippen molar-refractivity contribution >= 4 is 11.8 Å². The maximum Gasteiger partial charge on any atom is 0.208 e. The van der Waals surface area contributed by atoms with E-state index in [2.05, 4.69) is 21.3 Å². The van der Waals surface area contributed by atoms with Crippen molar-refractivity contribution in [2.24, 2.45) is 0 Å². The summed E-state index contributed by atoms with van der Waals surface area (Å²) in [5, 5.41) is 16.8. The number of aromatic amines is 1. The summed E-state index contributed by atoms with van der Waals surface area (Å²) in [6.45, 7) is 0.595. The quantitative estimate of drug-likeness (QED) is 0.523. The largest absolute Gasteiger partial charge is 0.494 e. The van der Waals surface area contributed by atoms with Gasteiger partial charge in [0.2, 0.25) is 5.16 Å². The van der Waals surface area contributed by atoms with Gasteiger partial charge in [-0.25, -0.2) is 4.98 Å². The number of thioether (sulfide) groups is 1. The summed E-state index contributed by atoms with van der Waals surface area (Å²) in [6.07, 6.45) is 0.872. The molecule has 0 bridgehead atoms. The van der Waals surface area contributed by atoms with Crippen molar-refractivity contribution < 1.29 is 4.74 Å².